The van der Waals surface area contributed by atoms with E-state index in [1.807, 2.05) is 36.7 Å². The van der Waals surface area contributed by atoms with Crippen molar-refractivity contribution in [3.8, 4) is 5.95 Å². The number of likely N-dealkylation sites (N-methyl/N-ethyl adjacent to an activating group) is 1. The van der Waals surface area contributed by atoms with E-state index in [4.69, 9.17) is 29.4 Å². The lowest BCUT2D eigenvalue weighted by Gasteiger charge is -2.28. The topological polar surface area (TPSA) is 86.4 Å². The summed E-state index contributed by atoms with van der Waals surface area (Å²) in [6.07, 6.45) is 1.34. The van der Waals surface area contributed by atoms with Gasteiger partial charge in [0.05, 0.1) is 43.5 Å². The average molecular weight is 477 g/mol. The first-order chi connectivity index (χ1) is 17.0. The predicted octanol–water partition coefficient (Wildman–Crippen LogP) is 2.46. The number of aryl methyl sites for hydroxylation is 2. The summed E-state index contributed by atoms with van der Waals surface area (Å²) in [4.78, 5) is 24.5. The van der Waals surface area contributed by atoms with Crippen LogP contribution < -0.4 is 4.90 Å². The third-order valence-corrected chi connectivity index (χ3v) is 7.21. The molecule has 0 aliphatic carbocycles. The monoisotopic (exact) mass is 476 g/mol. The Bertz CT molecular complexity index is 1370. The number of imidazole rings is 2. The van der Waals surface area contributed by atoms with Gasteiger partial charge < -0.3 is 18.9 Å². The Morgan fingerprint density at radius 3 is 2.66 bits per heavy atom. The summed E-state index contributed by atoms with van der Waals surface area (Å²) in [5, 5.41) is 0. The molecule has 10 heteroatoms. The van der Waals surface area contributed by atoms with E-state index >= 15 is 0 Å². The molecule has 1 aromatic carbocycles. The van der Waals surface area contributed by atoms with Gasteiger partial charge in [-0.05, 0) is 39.4 Å². The quantitative estimate of drug-likeness (QED) is 0.434. The van der Waals surface area contributed by atoms with Gasteiger partial charge in [0.1, 0.15) is 11.6 Å². The minimum absolute atomic E-state index is 0.303. The van der Waals surface area contributed by atoms with Gasteiger partial charge in [-0.1, -0.05) is 12.1 Å². The zero-order valence-electron chi connectivity index (χ0n) is 20.8. The van der Waals surface area contributed by atoms with Crippen molar-refractivity contribution in [1.29, 1.82) is 0 Å². The van der Waals surface area contributed by atoms with Crippen LogP contribution in [0.25, 0.3) is 28.1 Å². The fraction of sp³-hybridized carbons (Fsp3) is 0.520. The summed E-state index contributed by atoms with van der Waals surface area (Å²) >= 11 is 0. The molecule has 0 spiro atoms. The fourth-order valence-electron chi connectivity index (χ4n) is 5.17. The molecular formula is C25H32N8O2. The molecule has 2 unspecified atom stereocenters. The number of anilines is 1. The van der Waals surface area contributed by atoms with Crippen LogP contribution in [-0.2, 0) is 23.1 Å². The minimum Gasteiger partial charge on any atom is -0.378 e. The van der Waals surface area contributed by atoms with Crippen molar-refractivity contribution in [2.45, 2.75) is 39.0 Å². The molecule has 2 atom stereocenters. The number of aromatic nitrogens is 6. The van der Waals surface area contributed by atoms with Gasteiger partial charge in [0.2, 0.25) is 5.95 Å². The Morgan fingerprint density at radius 2 is 1.89 bits per heavy atom. The van der Waals surface area contributed by atoms with Crippen LogP contribution in [0.1, 0.15) is 25.0 Å². The van der Waals surface area contributed by atoms with Gasteiger partial charge in [0.25, 0.3) is 0 Å². The van der Waals surface area contributed by atoms with E-state index in [9.17, 15) is 0 Å². The first kappa shape index (κ1) is 22.4. The zero-order chi connectivity index (χ0) is 24.1. The van der Waals surface area contributed by atoms with Gasteiger partial charge in [-0.2, -0.15) is 9.97 Å². The van der Waals surface area contributed by atoms with Crippen molar-refractivity contribution in [1.82, 2.24) is 34.0 Å². The molecule has 2 fully saturated rings. The summed E-state index contributed by atoms with van der Waals surface area (Å²) in [5.74, 6) is 3.30. The van der Waals surface area contributed by atoms with E-state index in [0.29, 0.717) is 31.3 Å². The smallest absolute Gasteiger partial charge is 0.239 e. The molecule has 35 heavy (non-hydrogen) atoms. The first-order valence-electron chi connectivity index (χ1n) is 12.3. The summed E-state index contributed by atoms with van der Waals surface area (Å²) in [5.41, 5.74) is 3.59. The maximum Gasteiger partial charge on any atom is 0.239 e. The van der Waals surface area contributed by atoms with Crippen LogP contribution >= 0.6 is 0 Å². The number of hydrogen-bond acceptors (Lipinski definition) is 8. The van der Waals surface area contributed by atoms with Crippen molar-refractivity contribution in [2.24, 2.45) is 7.05 Å². The highest BCUT2D eigenvalue weighted by Crippen LogP contribution is 2.29. The first-order valence-corrected chi connectivity index (χ1v) is 12.3. The van der Waals surface area contributed by atoms with E-state index in [2.05, 4.69) is 34.4 Å². The van der Waals surface area contributed by atoms with Crippen molar-refractivity contribution in [3.63, 3.8) is 0 Å². The van der Waals surface area contributed by atoms with E-state index in [-0.39, 0.29) is 0 Å². The molecular weight excluding hydrogens is 444 g/mol. The lowest BCUT2D eigenvalue weighted by Crippen LogP contribution is -2.37. The SMILES string of the molecule is Cc1nc2ccccc2n1-c1nc(N2CCOCC2)c2nc(CN(C)C3COC(C)C3)n(C)c2n1. The van der Waals surface area contributed by atoms with Gasteiger partial charge in [0, 0.05) is 26.2 Å². The van der Waals surface area contributed by atoms with Crippen LogP contribution in [0.4, 0.5) is 5.82 Å². The highest BCUT2D eigenvalue weighted by molar-refractivity contribution is 5.86. The van der Waals surface area contributed by atoms with Crippen molar-refractivity contribution in [2.75, 3.05) is 44.9 Å². The number of para-hydroxylation sites is 2. The lowest BCUT2D eigenvalue weighted by atomic mass is 10.2. The Morgan fingerprint density at radius 1 is 1.09 bits per heavy atom. The van der Waals surface area contributed by atoms with Gasteiger partial charge in [-0.15, -0.1) is 0 Å². The molecule has 4 aromatic rings. The van der Waals surface area contributed by atoms with Crippen molar-refractivity contribution < 1.29 is 9.47 Å². The summed E-state index contributed by atoms with van der Waals surface area (Å²) in [6.45, 7) is 8.52. The highest BCUT2D eigenvalue weighted by atomic mass is 16.5. The van der Waals surface area contributed by atoms with Crippen LogP contribution in [0.3, 0.4) is 0 Å². The maximum absolute atomic E-state index is 5.80. The summed E-state index contributed by atoms with van der Waals surface area (Å²) < 4.78 is 15.6. The molecule has 2 aliphatic heterocycles. The van der Waals surface area contributed by atoms with E-state index < -0.39 is 0 Å². The van der Waals surface area contributed by atoms with E-state index in [0.717, 1.165) is 72.3 Å². The number of benzene rings is 1. The van der Waals surface area contributed by atoms with E-state index in [1.165, 1.54) is 0 Å². The Labute approximate surface area is 204 Å². The van der Waals surface area contributed by atoms with Gasteiger partial charge in [0.15, 0.2) is 17.0 Å². The average Bonchev–Trinajstić information content (AvgIpc) is 3.54. The standard InChI is InChI=1S/C25H32N8O2/c1-16-13-18(15-35-16)30(3)14-21-27-22-23(31(21)4)28-25(29-24(22)32-9-11-34-12-10-32)33-17(2)26-19-7-5-6-8-20(19)33/h5-8,16,18H,9-15H2,1-4H3. The third kappa shape index (κ3) is 3.95. The summed E-state index contributed by atoms with van der Waals surface area (Å²) in [7, 11) is 4.19. The fourth-order valence-corrected chi connectivity index (χ4v) is 5.17. The molecule has 6 rings (SSSR count). The summed E-state index contributed by atoms with van der Waals surface area (Å²) in [6, 6.07) is 8.50. The van der Waals surface area contributed by atoms with Crippen LogP contribution in [0.15, 0.2) is 24.3 Å². The second-order valence-corrected chi connectivity index (χ2v) is 9.64. The number of hydrogen-bond donors (Lipinski definition) is 0. The number of fused-ring (bicyclic) bond motifs is 2. The number of ether oxygens (including phenoxy) is 2. The number of morpholine rings is 1. The molecule has 10 nitrogen and oxygen atoms in total. The minimum atomic E-state index is 0.303. The predicted molar refractivity (Wildman–Crippen MR) is 134 cm³/mol. The zero-order valence-corrected chi connectivity index (χ0v) is 20.8. The Kier molecular flexibility index (Phi) is 5.66. The Hall–Kier alpha value is -3.08. The van der Waals surface area contributed by atoms with Crippen LogP contribution in [0, 0.1) is 6.92 Å². The molecule has 0 amide bonds. The molecule has 2 aliphatic rings. The second-order valence-electron chi connectivity index (χ2n) is 9.64. The van der Waals surface area contributed by atoms with Crippen LogP contribution in [0.2, 0.25) is 0 Å². The largest absolute Gasteiger partial charge is 0.378 e. The second kappa shape index (κ2) is 8.85. The molecule has 0 bridgehead atoms. The molecule has 0 N–H and O–H groups in total. The molecule has 0 radical (unpaired) electrons. The van der Waals surface area contributed by atoms with Gasteiger partial charge in [-0.25, -0.2) is 9.97 Å². The Balaban J connectivity index is 1.47. The number of nitrogens with zero attached hydrogens (tertiary/aromatic N) is 8. The maximum atomic E-state index is 5.80. The lowest BCUT2D eigenvalue weighted by molar-refractivity contribution is 0.110. The van der Waals surface area contributed by atoms with Gasteiger partial charge >= 0.3 is 0 Å². The third-order valence-electron chi connectivity index (χ3n) is 7.21. The molecule has 2 saturated heterocycles. The molecule has 5 heterocycles. The normalized spacial score (nSPS) is 21.1. The van der Waals surface area contributed by atoms with Crippen molar-refractivity contribution in [3.05, 3.63) is 35.9 Å². The van der Waals surface area contributed by atoms with E-state index in [1.54, 1.807) is 0 Å². The molecule has 0 saturated carbocycles. The van der Waals surface area contributed by atoms with Crippen LogP contribution in [-0.4, -0.2) is 86.1 Å². The van der Waals surface area contributed by atoms with Crippen LogP contribution in [0.5, 0.6) is 0 Å². The number of rotatable bonds is 5. The molecule has 184 valence electrons. The molecule has 3 aromatic heterocycles. The highest BCUT2D eigenvalue weighted by Gasteiger charge is 2.28. The van der Waals surface area contributed by atoms with Crippen molar-refractivity contribution >= 4 is 28.0 Å². The van der Waals surface area contributed by atoms with Gasteiger partial charge in [-0.3, -0.25) is 9.47 Å².